The van der Waals surface area contributed by atoms with Crippen molar-refractivity contribution in [1.82, 2.24) is 4.98 Å². The van der Waals surface area contributed by atoms with Crippen LogP contribution in [0.2, 0.25) is 5.15 Å². The normalized spacial score (nSPS) is 23.7. The van der Waals surface area contributed by atoms with Crippen LogP contribution in [0.25, 0.3) is 0 Å². The molecule has 1 fully saturated rings. The predicted octanol–water partition coefficient (Wildman–Crippen LogP) is 2.85. The average molecular weight is 270 g/mol. The molecule has 1 aromatic heterocycles. The van der Waals surface area contributed by atoms with E-state index in [1.165, 1.54) is 0 Å². The van der Waals surface area contributed by atoms with Crippen LogP contribution in [0.4, 0.5) is 0 Å². The van der Waals surface area contributed by atoms with E-state index in [1.54, 1.807) is 25.3 Å². The van der Waals surface area contributed by atoms with E-state index in [1.807, 2.05) is 0 Å². The molecule has 1 aliphatic rings. The van der Waals surface area contributed by atoms with E-state index >= 15 is 0 Å². The monoisotopic (exact) mass is 269 g/mol. The molecule has 2 rings (SSSR count). The molecule has 0 N–H and O–H groups in total. The smallest absolute Gasteiger partial charge is 0.357 e. The summed E-state index contributed by atoms with van der Waals surface area (Å²) in [5, 5.41) is 0.294. The minimum atomic E-state index is -0.417. The number of esters is 1. The first kappa shape index (κ1) is 13.3. The Kier molecular flexibility index (Phi) is 4.55. The number of carbonyl (C=O) groups excluding carboxylic acids is 1. The van der Waals surface area contributed by atoms with Crippen LogP contribution in [0, 0.1) is 0 Å². The van der Waals surface area contributed by atoms with Gasteiger partial charge in [0.25, 0.3) is 0 Å². The number of ether oxygens (including phenoxy) is 2. The SMILES string of the molecule is COC1CCCC(OC(=O)c2cccc(Cl)n2)C1. The number of aromatic nitrogens is 1. The minimum absolute atomic E-state index is 0.0861. The number of hydrogen-bond acceptors (Lipinski definition) is 4. The minimum Gasteiger partial charge on any atom is -0.458 e. The molecule has 1 saturated carbocycles. The molecule has 0 aliphatic heterocycles. The van der Waals surface area contributed by atoms with Crippen molar-refractivity contribution in [2.45, 2.75) is 37.9 Å². The molecule has 0 aromatic carbocycles. The van der Waals surface area contributed by atoms with Gasteiger partial charge in [-0.2, -0.15) is 0 Å². The summed E-state index contributed by atoms with van der Waals surface area (Å²) in [6.45, 7) is 0. The fourth-order valence-electron chi connectivity index (χ4n) is 2.16. The van der Waals surface area contributed by atoms with Gasteiger partial charge in [-0.1, -0.05) is 17.7 Å². The highest BCUT2D eigenvalue weighted by molar-refractivity contribution is 6.29. The molecule has 0 amide bonds. The number of pyridine rings is 1. The lowest BCUT2D eigenvalue weighted by molar-refractivity contribution is -0.0153. The lowest BCUT2D eigenvalue weighted by Crippen LogP contribution is -2.29. The van der Waals surface area contributed by atoms with Crippen molar-refractivity contribution in [3.05, 3.63) is 29.0 Å². The van der Waals surface area contributed by atoms with Crippen molar-refractivity contribution < 1.29 is 14.3 Å². The molecule has 1 aliphatic carbocycles. The Bertz CT molecular complexity index is 424. The molecule has 0 saturated heterocycles. The average Bonchev–Trinajstić information content (AvgIpc) is 2.39. The van der Waals surface area contributed by atoms with Gasteiger partial charge in [0, 0.05) is 13.5 Å². The topological polar surface area (TPSA) is 48.4 Å². The highest BCUT2D eigenvalue weighted by Crippen LogP contribution is 2.23. The van der Waals surface area contributed by atoms with E-state index in [4.69, 9.17) is 21.1 Å². The van der Waals surface area contributed by atoms with Crippen molar-refractivity contribution in [2.75, 3.05) is 7.11 Å². The van der Waals surface area contributed by atoms with Crippen LogP contribution in [0.15, 0.2) is 18.2 Å². The summed E-state index contributed by atoms with van der Waals surface area (Å²) >= 11 is 5.74. The molecular formula is C13H16ClNO3. The first-order valence-corrected chi connectivity index (χ1v) is 6.43. The van der Waals surface area contributed by atoms with Gasteiger partial charge in [-0.3, -0.25) is 0 Å². The van der Waals surface area contributed by atoms with E-state index in [2.05, 4.69) is 4.98 Å². The third kappa shape index (κ3) is 3.43. The summed E-state index contributed by atoms with van der Waals surface area (Å²) in [4.78, 5) is 15.8. The van der Waals surface area contributed by atoms with Crippen molar-refractivity contribution in [3.8, 4) is 0 Å². The van der Waals surface area contributed by atoms with E-state index in [-0.39, 0.29) is 17.9 Å². The molecule has 1 heterocycles. The summed E-state index contributed by atoms with van der Waals surface area (Å²) in [5.74, 6) is -0.417. The van der Waals surface area contributed by atoms with Crippen molar-refractivity contribution in [1.29, 1.82) is 0 Å². The number of rotatable bonds is 3. The molecule has 0 spiro atoms. The van der Waals surface area contributed by atoms with E-state index < -0.39 is 5.97 Å². The van der Waals surface area contributed by atoms with Gasteiger partial charge in [0.15, 0.2) is 0 Å². The van der Waals surface area contributed by atoms with Crippen molar-refractivity contribution >= 4 is 17.6 Å². The van der Waals surface area contributed by atoms with Crippen LogP contribution < -0.4 is 0 Å². The maximum atomic E-state index is 11.9. The Morgan fingerprint density at radius 3 is 2.89 bits per heavy atom. The molecule has 0 radical (unpaired) electrons. The van der Waals surface area contributed by atoms with E-state index in [0.717, 1.165) is 25.7 Å². The Morgan fingerprint density at radius 1 is 1.39 bits per heavy atom. The van der Waals surface area contributed by atoms with Crippen LogP contribution >= 0.6 is 11.6 Å². The van der Waals surface area contributed by atoms with Gasteiger partial charge < -0.3 is 9.47 Å². The van der Waals surface area contributed by atoms with E-state index in [9.17, 15) is 4.79 Å². The van der Waals surface area contributed by atoms with Crippen LogP contribution in [0.3, 0.4) is 0 Å². The Morgan fingerprint density at radius 2 is 2.17 bits per heavy atom. The van der Waals surface area contributed by atoms with Gasteiger partial charge in [-0.25, -0.2) is 9.78 Å². The summed E-state index contributed by atoms with van der Waals surface area (Å²) in [6.07, 6.45) is 3.77. The summed E-state index contributed by atoms with van der Waals surface area (Å²) in [5.41, 5.74) is 0.252. The molecule has 98 valence electrons. The Labute approximate surface area is 111 Å². The third-order valence-corrected chi connectivity index (χ3v) is 3.32. The molecule has 0 bridgehead atoms. The second kappa shape index (κ2) is 6.16. The van der Waals surface area contributed by atoms with Crippen molar-refractivity contribution in [2.24, 2.45) is 0 Å². The van der Waals surface area contributed by atoms with Gasteiger partial charge in [0.2, 0.25) is 0 Å². The Hall–Kier alpha value is -1.13. The number of nitrogens with zero attached hydrogens (tertiary/aromatic N) is 1. The third-order valence-electron chi connectivity index (χ3n) is 3.11. The van der Waals surface area contributed by atoms with Gasteiger partial charge in [0.1, 0.15) is 17.0 Å². The second-order valence-corrected chi connectivity index (χ2v) is 4.78. The highest BCUT2D eigenvalue weighted by Gasteiger charge is 2.25. The molecule has 4 nitrogen and oxygen atoms in total. The van der Waals surface area contributed by atoms with Crippen LogP contribution in [0.5, 0.6) is 0 Å². The summed E-state index contributed by atoms with van der Waals surface area (Å²) in [7, 11) is 1.69. The maximum absolute atomic E-state index is 11.9. The standard InChI is InChI=1S/C13H16ClNO3/c1-17-9-4-2-5-10(8-9)18-13(16)11-6-3-7-12(14)15-11/h3,6-7,9-10H,2,4-5,8H2,1H3. The van der Waals surface area contributed by atoms with Crippen LogP contribution in [-0.2, 0) is 9.47 Å². The summed E-state index contributed by atoms with van der Waals surface area (Å²) in [6, 6.07) is 4.91. The van der Waals surface area contributed by atoms with Crippen LogP contribution in [-0.4, -0.2) is 30.3 Å². The predicted molar refractivity (Wildman–Crippen MR) is 67.7 cm³/mol. The fourth-order valence-corrected chi connectivity index (χ4v) is 2.32. The number of methoxy groups -OCH3 is 1. The first-order valence-electron chi connectivity index (χ1n) is 6.05. The molecule has 5 heteroatoms. The van der Waals surface area contributed by atoms with Gasteiger partial charge in [-0.15, -0.1) is 0 Å². The first-order chi connectivity index (χ1) is 8.69. The zero-order chi connectivity index (χ0) is 13.0. The number of carbonyl (C=O) groups is 1. The molecular weight excluding hydrogens is 254 g/mol. The Balaban J connectivity index is 1.95. The zero-order valence-corrected chi connectivity index (χ0v) is 11.0. The highest BCUT2D eigenvalue weighted by atomic mass is 35.5. The largest absolute Gasteiger partial charge is 0.458 e. The molecule has 2 unspecified atom stereocenters. The quantitative estimate of drug-likeness (QED) is 0.625. The lowest BCUT2D eigenvalue weighted by atomic mass is 9.95. The zero-order valence-electron chi connectivity index (χ0n) is 10.3. The van der Waals surface area contributed by atoms with Gasteiger partial charge in [0.05, 0.1) is 6.10 Å². The second-order valence-electron chi connectivity index (χ2n) is 4.40. The summed E-state index contributed by atoms with van der Waals surface area (Å²) < 4.78 is 10.7. The van der Waals surface area contributed by atoms with E-state index in [0.29, 0.717) is 5.15 Å². The maximum Gasteiger partial charge on any atom is 0.357 e. The van der Waals surface area contributed by atoms with Gasteiger partial charge in [-0.05, 0) is 31.4 Å². The molecule has 18 heavy (non-hydrogen) atoms. The van der Waals surface area contributed by atoms with Gasteiger partial charge >= 0.3 is 5.97 Å². The van der Waals surface area contributed by atoms with Crippen LogP contribution in [0.1, 0.15) is 36.2 Å². The number of halogens is 1. The molecule has 1 aromatic rings. The number of hydrogen-bond donors (Lipinski definition) is 0. The lowest BCUT2D eigenvalue weighted by Gasteiger charge is -2.27. The fraction of sp³-hybridized carbons (Fsp3) is 0.538. The molecule has 2 atom stereocenters. The van der Waals surface area contributed by atoms with Crippen molar-refractivity contribution in [3.63, 3.8) is 0 Å².